The van der Waals surface area contributed by atoms with E-state index in [9.17, 15) is 13.6 Å². The van der Waals surface area contributed by atoms with Crippen LogP contribution in [0.4, 0.5) is 13.6 Å². The Morgan fingerprint density at radius 1 is 1.17 bits per heavy atom. The highest BCUT2D eigenvalue weighted by Gasteiger charge is 2.10. The van der Waals surface area contributed by atoms with E-state index in [4.69, 9.17) is 4.74 Å². The summed E-state index contributed by atoms with van der Waals surface area (Å²) >= 11 is 0. The van der Waals surface area contributed by atoms with Crippen molar-refractivity contribution in [1.82, 2.24) is 10.6 Å². The van der Waals surface area contributed by atoms with Crippen LogP contribution in [0.15, 0.2) is 42.5 Å². The van der Waals surface area contributed by atoms with Gasteiger partial charge in [-0.2, -0.15) is 0 Å². The molecule has 4 nitrogen and oxygen atoms in total. The Hall–Kier alpha value is -2.63. The minimum absolute atomic E-state index is 0.0508. The van der Waals surface area contributed by atoms with Gasteiger partial charge in [0.05, 0.1) is 6.04 Å². The van der Waals surface area contributed by atoms with Crippen molar-refractivity contribution in [2.75, 3.05) is 6.61 Å². The first-order valence-electron chi connectivity index (χ1n) is 7.62. The minimum atomic E-state index is -0.772. The van der Waals surface area contributed by atoms with Crippen LogP contribution < -0.4 is 15.4 Å². The lowest BCUT2D eigenvalue weighted by Crippen LogP contribution is -2.43. The molecule has 128 valence electrons. The van der Waals surface area contributed by atoms with Crippen molar-refractivity contribution >= 4 is 6.03 Å². The number of ether oxygens (including phenoxy) is 1. The Morgan fingerprint density at radius 3 is 2.54 bits per heavy atom. The quantitative estimate of drug-likeness (QED) is 0.849. The molecule has 1 unspecified atom stereocenters. The van der Waals surface area contributed by atoms with Crippen LogP contribution in [0.1, 0.15) is 18.1 Å². The molecule has 0 aliphatic rings. The predicted molar refractivity (Wildman–Crippen MR) is 87.9 cm³/mol. The molecule has 0 aromatic heterocycles. The average molecular weight is 334 g/mol. The summed E-state index contributed by atoms with van der Waals surface area (Å²) in [5.41, 5.74) is 2.15. The molecule has 2 N–H and O–H groups in total. The van der Waals surface area contributed by atoms with E-state index in [-0.39, 0.29) is 24.4 Å². The van der Waals surface area contributed by atoms with E-state index in [2.05, 4.69) is 10.6 Å². The first kappa shape index (κ1) is 17.7. The fraction of sp³-hybridized carbons (Fsp3) is 0.278. The van der Waals surface area contributed by atoms with Crippen molar-refractivity contribution in [3.8, 4) is 5.75 Å². The van der Waals surface area contributed by atoms with Crippen molar-refractivity contribution in [2.24, 2.45) is 0 Å². The van der Waals surface area contributed by atoms with Crippen LogP contribution in [-0.2, 0) is 6.54 Å². The second-order valence-corrected chi connectivity index (χ2v) is 5.60. The van der Waals surface area contributed by atoms with Crippen LogP contribution in [0.2, 0.25) is 0 Å². The van der Waals surface area contributed by atoms with Crippen LogP contribution in [0.5, 0.6) is 5.75 Å². The van der Waals surface area contributed by atoms with Crippen LogP contribution in [0.3, 0.4) is 0 Å². The average Bonchev–Trinajstić information content (AvgIpc) is 2.53. The van der Waals surface area contributed by atoms with E-state index in [0.29, 0.717) is 6.54 Å². The van der Waals surface area contributed by atoms with Crippen LogP contribution in [0, 0.1) is 18.6 Å². The monoisotopic (exact) mass is 334 g/mol. The second-order valence-electron chi connectivity index (χ2n) is 5.60. The molecule has 0 fully saturated rings. The second kappa shape index (κ2) is 8.29. The maximum absolute atomic E-state index is 13.4. The maximum atomic E-state index is 13.4. The van der Waals surface area contributed by atoms with Crippen LogP contribution in [-0.4, -0.2) is 18.7 Å². The minimum Gasteiger partial charge on any atom is -0.488 e. The molecule has 24 heavy (non-hydrogen) atoms. The smallest absolute Gasteiger partial charge is 0.315 e. The molecule has 0 spiro atoms. The van der Waals surface area contributed by atoms with Crippen molar-refractivity contribution < 1.29 is 18.3 Å². The van der Waals surface area contributed by atoms with E-state index < -0.39 is 11.6 Å². The zero-order chi connectivity index (χ0) is 17.5. The highest BCUT2D eigenvalue weighted by Crippen LogP contribution is 2.17. The number of carbonyl (C=O) groups excluding carboxylic acids is 1. The lowest BCUT2D eigenvalue weighted by molar-refractivity contribution is 0.224. The van der Waals surface area contributed by atoms with Gasteiger partial charge in [-0.1, -0.05) is 29.8 Å². The van der Waals surface area contributed by atoms with Crippen LogP contribution >= 0.6 is 0 Å². The Morgan fingerprint density at radius 2 is 1.88 bits per heavy atom. The number of urea groups is 1. The van der Waals surface area contributed by atoms with E-state index in [1.807, 2.05) is 31.2 Å². The number of nitrogens with one attached hydrogen (secondary N) is 2. The van der Waals surface area contributed by atoms with Crippen molar-refractivity contribution in [3.05, 3.63) is 65.2 Å². The van der Waals surface area contributed by atoms with Gasteiger partial charge in [-0.15, -0.1) is 0 Å². The number of amides is 2. The van der Waals surface area contributed by atoms with Crippen molar-refractivity contribution in [1.29, 1.82) is 0 Å². The molecule has 0 aliphatic carbocycles. The molecule has 0 heterocycles. The van der Waals surface area contributed by atoms with Crippen molar-refractivity contribution in [3.63, 3.8) is 0 Å². The summed E-state index contributed by atoms with van der Waals surface area (Å²) in [5.74, 6) is -1.49. The van der Waals surface area contributed by atoms with E-state index in [1.165, 1.54) is 6.07 Å². The molecule has 0 saturated carbocycles. The molecular weight excluding hydrogens is 314 g/mol. The Kier molecular flexibility index (Phi) is 6.12. The summed E-state index contributed by atoms with van der Waals surface area (Å²) in [6.07, 6.45) is 0. The molecule has 2 aromatic carbocycles. The number of carbonyl (C=O) groups is 1. The zero-order valence-electron chi connectivity index (χ0n) is 13.6. The molecule has 0 radical (unpaired) electrons. The SMILES string of the molecule is Cc1ccc(CNC(=O)NC(C)COc2ccc(F)cc2F)cc1. The third kappa shape index (κ3) is 5.53. The summed E-state index contributed by atoms with van der Waals surface area (Å²) < 4.78 is 31.5. The summed E-state index contributed by atoms with van der Waals surface area (Å²) in [6.45, 7) is 4.20. The van der Waals surface area contributed by atoms with Gasteiger partial charge in [0.15, 0.2) is 11.6 Å². The van der Waals surface area contributed by atoms with Gasteiger partial charge in [-0.25, -0.2) is 13.6 Å². The maximum Gasteiger partial charge on any atom is 0.315 e. The molecule has 0 saturated heterocycles. The lowest BCUT2D eigenvalue weighted by atomic mass is 10.1. The highest BCUT2D eigenvalue weighted by atomic mass is 19.1. The molecule has 6 heteroatoms. The van der Waals surface area contributed by atoms with E-state index in [1.54, 1.807) is 6.92 Å². The number of aryl methyl sites for hydroxylation is 1. The molecule has 2 rings (SSSR count). The zero-order valence-corrected chi connectivity index (χ0v) is 13.6. The van der Waals surface area contributed by atoms with Gasteiger partial charge in [0.25, 0.3) is 0 Å². The first-order chi connectivity index (χ1) is 11.4. The van der Waals surface area contributed by atoms with Gasteiger partial charge in [0, 0.05) is 12.6 Å². The van der Waals surface area contributed by atoms with Gasteiger partial charge in [0.2, 0.25) is 0 Å². The predicted octanol–water partition coefficient (Wildman–Crippen LogP) is 3.54. The molecule has 2 amide bonds. The largest absolute Gasteiger partial charge is 0.488 e. The molecular formula is C18H20F2N2O2. The summed E-state index contributed by atoms with van der Waals surface area (Å²) in [7, 11) is 0. The number of benzene rings is 2. The van der Waals surface area contributed by atoms with Gasteiger partial charge < -0.3 is 15.4 Å². The van der Waals surface area contributed by atoms with E-state index in [0.717, 1.165) is 23.3 Å². The molecule has 1 atom stereocenters. The molecule has 0 aliphatic heterocycles. The van der Waals surface area contributed by atoms with Crippen LogP contribution in [0.25, 0.3) is 0 Å². The van der Waals surface area contributed by atoms with Gasteiger partial charge >= 0.3 is 6.03 Å². The normalized spacial score (nSPS) is 11.7. The number of hydrogen-bond donors (Lipinski definition) is 2. The summed E-state index contributed by atoms with van der Waals surface area (Å²) in [6, 6.07) is 10.2. The number of halogens is 2. The first-order valence-corrected chi connectivity index (χ1v) is 7.62. The van der Waals surface area contributed by atoms with E-state index >= 15 is 0 Å². The summed E-state index contributed by atoms with van der Waals surface area (Å²) in [4.78, 5) is 11.8. The highest BCUT2D eigenvalue weighted by molar-refractivity contribution is 5.74. The fourth-order valence-electron chi connectivity index (χ4n) is 2.01. The standard InChI is InChI=1S/C18H20F2N2O2/c1-12-3-5-14(6-4-12)10-21-18(23)22-13(2)11-24-17-8-7-15(19)9-16(17)20/h3-9,13H,10-11H2,1-2H3,(H2,21,22,23). The third-order valence-corrected chi connectivity index (χ3v) is 3.33. The summed E-state index contributed by atoms with van der Waals surface area (Å²) in [5, 5.41) is 5.43. The topological polar surface area (TPSA) is 50.4 Å². The van der Waals surface area contributed by atoms with Crippen molar-refractivity contribution in [2.45, 2.75) is 26.4 Å². The number of rotatable bonds is 6. The number of hydrogen-bond acceptors (Lipinski definition) is 2. The van der Waals surface area contributed by atoms with Gasteiger partial charge in [-0.05, 0) is 31.5 Å². The Balaban J connectivity index is 1.74. The Bertz CT molecular complexity index is 690. The fourth-order valence-corrected chi connectivity index (χ4v) is 2.01. The molecule has 2 aromatic rings. The molecule has 0 bridgehead atoms. The third-order valence-electron chi connectivity index (χ3n) is 3.33. The van der Waals surface area contributed by atoms with Gasteiger partial charge in [-0.3, -0.25) is 0 Å². The lowest BCUT2D eigenvalue weighted by Gasteiger charge is -2.16. The van der Waals surface area contributed by atoms with Gasteiger partial charge in [0.1, 0.15) is 12.4 Å². The Labute approximate surface area is 139 Å².